The normalized spacial score (nSPS) is 14.4. The molecule has 1 aliphatic heterocycles. The predicted molar refractivity (Wildman–Crippen MR) is 121 cm³/mol. The fourth-order valence-electron chi connectivity index (χ4n) is 4.16. The first-order valence-corrected chi connectivity index (χ1v) is 10.6. The molecule has 4 heteroatoms. The molecule has 2 nitrogen and oxygen atoms in total. The summed E-state index contributed by atoms with van der Waals surface area (Å²) < 4.78 is 2.28. The molecule has 1 aliphatic rings. The zero-order valence-electron chi connectivity index (χ0n) is 16.8. The Bertz CT molecular complexity index is 1260. The quantitative estimate of drug-likeness (QED) is 0.303. The minimum absolute atomic E-state index is 0. The SMILES string of the molecule is CCN1/C(=C\c2ccc3ccccc3[n+]2C)Sc2c1cc(C)c1ccccc21.[I-]. The molecular weight excluding hydrogens is 487 g/mol. The third kappa shape index (κ3) is 3.32. The zero-order valence-corrected chi connectivity index (χ0v) is 19.8. The van der Waals surface area contributed by atoms with Gasteiger partial charge >= 0.3 is 0 Å². The average molecular weight is 510 g/mol. The van der Waals surface area contributed by atoms with E-state index in [0.717, 1.165) is 6.54 Å². The van der Waals surface area contributed by atoms with Crippen LogP contribution in [0.15, 0.2) is 76.7 Å². The number of thioether (sulfide) groups is 1. The number of anilines is 1. The number of nitrogens with zero attached hydrogens (tertiary/aromatic N) is 2. The van der Waals surface area contributed by atoms with Crippen LogP contribution >= 0.6 is 11.8 Å². The summed E-state index contributed by atoms with van der Waals surface area (Å²) in [5.41, 5.74) is 5.14. The molecule has 0 radical (unpaired) electrons. The highest BCUT2D eigenvalue weighted by molar-refractivity contribution is 8.04. The standard InChI is InChI=1S/C25H23N2S.HI/c1-4-27-23-15-17(2)20-10-6-7-11-21(20)25(23)28-24(27)16-19-14-13-18-9-5-8-12-22(18)26(19)3;/h5-16H,4H2,1-3H3;1H/q+1;/p-1. The molecule has 0 amide bonds. The summed E-state index contributed by atoms with van der Waals surface area (Å²) in [5.74, 6) is 0. The Morgan fingerprint density at radius 2 is 1.69 bits per heavy atom. The molecule has 1 aromatic heterocycles. The number of para-hydroxylation sites is 1. The smallest absolute Gasteiger partial charge is 0.212 e. The summed E-state index contributed by atoms with van der Waals surface area (Å²) in [6.07, 6.45) is 2.32. The summed E-state index contributed by atoms with van der Waals surface area (Å²) in [7, 11) is 2.15. The lowest BCUT2D eigenvalue weighted by atomic mass is 10.0. The minimum Gasteiger partial charge on any atom is -1.00 e. The number of fused-ring (bicyclic) bond motifs is 4. The molecule has 0 unspecified atom stereocenters. The van der Waals surface area contributed by atoms with E-state index in [-0.39, 0.29) is 24.0 Å². The maximum absolute atomic E-state index is 2.44. The summed E-state index contributed by atoms with van der Waals surface area (Å²) in [5, 5.41) is 5.26. The van der Waals surface area contributed by atoms with Crippen LogP contribution in [0, 0.1) is 6.92 Å². The first-order chi connectivity index (χ1) is 13.7. The first-order valence-electron chi connectivity index (χ1n) is 9.74. The van der Waals surface area contributed by atoms with Crippen LogP contribution in [-0.2, 0) is 7.05 Å². The monoisotopic (exact) mass is 510 g/mol. The van der Waals surface area contributed by atoms with Gasteiger partial charge in [0.2, 0.25) is 11.2 Å². The Morgan fingerprint density at radius 3 is 2.48 bits per heavy atom. The second-order valence-corrected chi connectivity index (χ2v) is 8.32. The molecule has 4 aromatic rings. The highest BCUT2D eigenvalue weighted by Gasteiger charge is 2.27. The molecule has 2 heterocycles. The molecule has 29 heavy (non-hydrogen) atoms. The van der Waals surface area contributed by atoms with Crippen molar-refractivity contribution in [1.29, 1.82) is 0 Å². The number of aryl methyl sites for hydroxylation is 2. The Balaban J connectivity index is 0.00000205. The second kappa shape index (κ2) is 8.00. The molecular formula is C25H23IN2S. The van der Waals surface area contributed by atoms with Gasteiger partial charge in [-0.3, -0.25) is 0 Å². The van der Waals surface area contributed by atoms with Gasteiger partial charge < -0.3 is 28.9 Å². The van der Waals surface area contributed by atoms with Gasteiger partial charge in [-0.2, -0.15) is 4.57 Å². The molecule has 0 N–H and O–H groups in total. The van der Waals surface area contributed by atoms with Gasteiger partial charge in [-0.15, -0.1) is 0 Å². The number of hydrogen-bond donors (Lipinski definition) is 0. The van der Waals surface area contributed by atoms with E-state index < -0.39 is 0 Å². The van der Waals surface area contributed by atoms with Crippen molar-refractivity contribution < 1.29 is 28.5 Å². The number of halogens is 1. The number of pyridine rings is 1. The van der Waals surface area contributed by atoms with Crippen molar-refractivity contribution in [3.05, 3.63) is 83.0 Å². The average Bonchev–Trinajstić information content (AvgIpc) is 3.07. The summed E-state index contributed by atoms with van der Waals surface area (Å²) >= 11 is 1.89. The molecule has 0 bridgehead atoms. The van der Waals surface area contributed by atoms with Crippen molar-refractivity contribution >= 4 is 45.2 Å². The fourth-order valence-corrected chi connectivity index (χ4v) is 5.45. The molecule has 5 rings (SSSR count). The van der Waals surface area contributed by atoms with E-state index in [4.69, 9.17) is 0 Å². The predicted octanol–water partition coefficient (Wildman–Crippen LogP) is 3.06. The van der Waals surface area contributed by atoms with E-state index in [2.05, 4.69) is 103 Å². The van der Waals surface area contributed by atoms with Crippen LogP contribution in [0.3, 0.4) is 0 Å². The van der Waals surface area contributed by atoms with Gasteiger partial charge in [0.25, 0.3) is 0 Å². The third-order valence-corrected chi connectivity index (χ3v) is 6.83. The highest BCUT2D eigenvalue weighted by Crippen LogP contribution is 2.50. The van der Waals surface area contributed by atoms with E-state index in [9.17, 15) is 0 Å². The number of aromatic nitrogens is 1. The van der Waals surface area contributed by atoms with Crippen LogP contribution < -0.4 is 33.4 Å². The van der Waals surface area contributed by atoms with Crippen molar-refractivity contribution in [2.45, 2.75) is 18.7 Å². The van der Waals surface area contributed by atoms with Gasteiger partial charge in [0, 0.05) is 35.0 Å². The van der Waals surface area contributed by atoms with E-state index in [1.54, 1.807) is 0 Å². The van der Waals surface area contributed by atoms with Gasteiger partial charge in [-0.05, 0) is 48.4 Å². The van der Waals surface area contributed by atoms with Crippen LogP contribution in [0.4, 0.5) is 5.69 Å². The van der Waals surface area contributed by atoms with Crippen LogP contribution in [0.5, 0.6) is 0 Å². The fraction of sp³-hybridized carbons (Fsp3) is 0.160. The topological polar surface area (TPSA) is 7.12 Å². The molecule has 0 fully saturated rings. The molecule has 0 saturated carbocycles. The molecule has 0 saturated heterocycles. The summed E-state index contributed by atoms with van der Waals surface area (Å²) in [6.45, 7) is 5.40. The summed E-state index contributed by atoms with van der Waals surface area (Å²) in [4.78, 5) is 3.81. The third-order valence-electron chi connectivity index (χ3n) is 5.65. The van der Waals surface area contributed by atoms with Crippen LogP contribution in [-0.4, -0.2) is 6.54 Å². The van der Waals surface area contributed by atoms with E-state index in [1.165, 1.54) is 48.5 Å². The van der Waals surface area contributed by atoms with Crippen molar-refractivity contribution in [3.8, 4) is 0 Å². The van der Waals surface area contributed by atoms with Gasteiger partial charge in [0.15, 0.2) is 0 Å². The lowest BCUT2D eigenvalue weighted by Crippen LogP contribution is -3.00. The number of hydrogen-bond acceptors (Lipinski definition) is 2. The second-order valence-electron chi connectivity index (χ2n) is 7.29. The number of benzene rings is 3. The first kappa shape index (κ1) is 20.2. The maximum Gasteiger partial charge on any atom is 0.212 e. The Kier molecular flexibility index (Phi) is 5.58. The summed E-state index contributed by atoms with van der Waals surface area (Å²) in [6, 6.07) is 24.1. The highest BCUT2D eigenvalue weighted by atomic mass is 127. The Morgan fingerprint density at radius 1 is 0.966 bits per heavy atom. The molecule has 146 valence electrons. The van der Waals surface area contributed by atoms with Crippen molar-refractivity contribution in [1.82, 2.24) is 0 Å². The van der Waals surface area contributed by atoms with Crippen molar-refractivity contribution in [3.63, 3.8) is 0 Å². The van der Waals surface area contributed by atoms with Gasteiger partial charge in [0.05, 0.1) is 10.7 Å². The van der Waals surface area contributed by atoms with E-state index >= 15 is 0 Å². The Labute approximate surface area is 193 Å². The lowest BCUT2D eigenvalue weighted by molar-refractivity contribution is -0.646. The van der Waals surface area contributed by atoms with Crippen LogP contribution in [0.1, 0.15) is 18.2 Å². The van der Waals surface area contributed by atoms with E-state index in [0.29, 0.717) is 0 Å². The van der Waals surface area contributed by atoms with Gasteiger partial charge in [-0.25, -0.2) is 0 Å². The van der Waals surface area contributed by atoms with Crippen LogP contribution in [0.25, 0.3) is 27.8 Å². The number of rotatable bonds is 2. The molecule has 3 aromatic carbocycles. The molecule has 0 spiro atoms. The molecule has 0 aliphatic carbocycles. The van der Waals surface area contributed by atoms with Gasteiger partial charge in [-0.1, -0.05) is 48.2 Å². The van der Waals surface area contributed by atoms with Crippen molar-refractivity contribution in [2.24, 2.45) is 7.05 Å². The van der Waals surface area contributed by atoms with E-state index in [1.807, 2.05) is 11.8 Å². The Hall–Kier alpha value is -2.05. The lowest BCUT2D eigenvalue weighted by Gasteiger charge is -2.18. The molecule has 0 atom stereocenters. The largest absolute Gasteiger partial charge is 1.00 e. The van der Waals surface area contributed by atoms with Crippen LogP contribution in [0.2, 0.25) is 0 Å². The maximum atomic E-state index is 2.44. The van der Waals surface area contributed by atoms with Crippen molar-refractivity contribution in [2.75, 3.05) is 11.4 Å². The zero-order chi connectivity index (χ0) is 19.3. The minimum atomic E-state index is 0. The van der Waals surface area contributed by atoms with Gasteiger partial charge in [0.1, 0.15) is 7.05 Å².